The Morgan fingerprint density at radius 2 is 2.11 bits per heavy atom. The Kier molecular flexibility index (Phi) is 3.84. The highest BCUT2D eigenvalue weighted by Crippen LogP contribution is 2.33. The lowest BCUT2D eigenvalue weighted by molar-refractivity contribution is 0.402. The lowest BCUT2D eigenvalue weighted by Gasteiger charge is -2.07. The predicted molar refractivity (Wildman–Crippen MR) is 67.8 cm³/mol. The first-order valence-electron chi connectivity index (χ1n) is 5.60. The molecule has 0 saturated heterocycles. The second-order valence-electron chi connectivity index (χ2n) is 3.71. The summed E-state index contributed by atoms with van der Waals surface area (Å²) < 4.78 is 16.2. The van der Waals surface area contributed by atoms with E-state index in [1.807, 2.05) is 25.2 Å². The molecule has 0 spiro atoms. The second-order valence-corrected chi connectivity index (χ2v) is 3.71. The van der Waals surface area contributed by atoms with Gasteiger partial charge >= 0.3 is 0 Å². The number of rotatable bonds is 5. The maximum Gasteiger partial charge on any atom is 0.208 e. The topological polar surface area (TPSA) is 56.5 Å². The molecular formula is C13H16N2O3. The molecule has 1 heterocycles. The van der Waals surface area contributed by atoms with Crippen molar-refractivity contribution in [1.29, 1.82) is 0 Å². The number of hydrogen-bond acceptors (Lipinski definition) is 5. The van der Waals surface area contributed by atoms with Crippen molar-refractivity contribution in [3.05, 3.63) is 30.3 Å². The summed E-state index contributed by atoms with van der Waals surface area (Å²) in [6, 6.07) is 5.55. The molecule has 0 aliphatic heterocycles. The van der Waals surface area contributed by atoms with E-state index in [0.717, 1.165) is 17.1 Å². The average molecular weight is 248 g/mol. The van der Waals surface area contributed by atoms with E-state index < -0.39 is 0 Å². The summed E-state index contributed by atoms with van der Waals surface area (Å²) >= 11 is 0. The fraction of sp³-hybridized carbons (Fsp3) is 0.308. The molecule has 5 heteroatoms. The van der Waals surface area contributed by atoms with Gasteiger partial charge in [-0.05, 0) is 25.2 Å². The second kappa shape index (κ2) is 5.55. The third kappa shape index (κ3) is 2.46. The minimum absolute atomic E-state index is 0.590. The molecule has 0 aliphatic carbocycles. The van der Waals surface area contributed by atoms with Crippen LogP contribution in [0.1, 0.15) is 5.89 Å². The fourth-order valence-corrected chi connectivity index (χ4v) is 1.67. The first-order valence-corrected chi connectivity index (χ1v) is 5.60. The van der Waals surface area contributed by atoms with E-state index in [0.29, 0.717) is 18.2 Å². The van der Waals surface area contributed by atoms with Crippen LogP contribution in [-0.2, 0) is 6.54 Å². The van der Waals surface area contributed by atoms with Crippen molar-refractivity contribution in [2.75, 3.05) is 21.3 Å². The number of oxazole rings is 1. The van der Waals surface area contributed by atoms with E-state index in [9.17, 15) is 0 Å². The van der Waals surface area contributed by atoms with Crippen LogP contribution in [-0.4, -0.2) is 26.3 Å². The van der Waals surface area contributed by atoms with Gasteiger partial charge in [-0.15, -0.1) is 0 Å². The van der Waals surface area contributed by atoms with Crippen molar-refractivity contribution in [3.8, 4) is 22.8 Å². The molecule has 0 atom stereocenters. The Hall–Kier alpha value is -2.01. The quantitative estimate of drug-likeness (QED) is 0.878. The molecule has 0 aliphatic rings. The largest absolute Gasteiger partial charge is 0.497 e. The first kappa shape index (κ1) is 12.4. The van der Waals surface area contributed by atoms with Crippen LogP contribution in [0.5, 0.6) is 11.5 Å². The van der Waals surface area contributed by atoms with Gasteiger partial charge in [0.25, 0.3) is 0 Å². The molecule has 0 radical (unpaired) electrons. The van der Waals surface area contributed by atoms with Crippen molar-refractivity contribution in [3.63, 3.8) is 0 Å². The zero-order valence-electron chi connectivity index (χ0n) is 10.7. The molecule has 2 rings (SSSR count). The van der Waals surface area contributed by atoms with Crippen molar-refractivity contribution >= 4 is 0 Å². The molecule has 1 aromatic carbocycles. The zero-order valence-corrected chi connectivity index (χ0v) is 10.7. The van der Waals surface area contributed by atoms with Gasteiger partial charge in [-0.25, -0.2) is 4.98 Å². The summed E-state index contributed by atoms with van der Waals surface area (Å²) in [4.78, 5) is 4.19. The Labute approximate surface area is 106 Å². The Morgan fingerprint density at radius 1 is 1.28 bits per heavy atom. The van der Waals surface area contributed by atoms with Crippen LogP contribution in [0.2, 0.25) is 0 Å². The molecule has 1 N–H and O–H groups in total. The molecule has 0 unspecified atom stereocenters. The summed E-state index contributed by atoms with van der Waals surface area (Å²) in [7, 11) is 5.09. The van der Waals surface area contributed by atoms with Crippen molar-refractivity contribution in [2.45, 2.75) is 6.54 Å². The molecule has 0 amide bonds. The molecule has 2 aromatic rings. The number of benzene rings is 1. The third-order valence-corrected chi connectivity index (χ3v) is 2.55. The van der Waals surface area contributed by atoms with Gasteiger partial charge in [0.1, 0.15) is 11.5 Å². The predicted octanol–water partition coefficient (Wildman–Crippen LogP) is 2.08. The molecule has 96 valence electrons. The molecule has 0 bridgehead atoms. The Bertz CT molecular complexity index is 523. The van der Waals surface area contributed by atoms with Gasteiger partial charge in [0, 0.05) is 0 Å². The summed E-state index contributed by atoms with van der Waals surface area (Å²) in [5, 5.41) is 2.99. The number of nitrogens with one attached hydrogen (secondary N) is 1. The Balaban J connectivity index is 2.40. The molecule has 1 aromatic heterocycles. The van der Waals surface area contributed by atoms with Crippen LogP contribution in [0.3, 0.4) is 0 Å². The van der Waals surface area contributed by atoms with Crippen LogP contribution in [0.4, 0.5) is 0 Å². The van der Waals surface area contributed by atoms with Crippen molar-refractivity contribution < 1.29 is 13.9 Å². The zero-order chi connectivity index (χ0) is 13.0. The highest BCUT2D eigenvalue weighted by atomic mass is 16.5. The van der Waals surface area contributed by atoms with Gasteiger partial charge in [0.05, 0.1) is 32.5 Å². The number of methoxy groups -OCH3 is 2. The normalized spacial score (nSPS) is 10.4. The van der Waals surface area contributed by atoms with E-state index in [-0.39, 0.29) is 0 Å². The highest BCUT2D eigenvalue weighted by molar-refractivity contribution is 5.67. The molecule has 0 saturated carbocycles. The highest BCUT2D eigenvalue weighted by Gasteiger charge is 2.12. The fourth-order valence-electron chi connectivity index (χ4n) is 1.67. The number of ether oxygens (including phenoxy) is 2. The molecule has 5 nitrogen and oxygen atoms in total. The van der Waals surface area contributed by atoms with Gasteiger partial charge in [0.15, 0.2) is 5.76 Å². The van der Waals surface area contributed by atoms with Crippen LogP contribution < -0.4 is 14.8 Å². The van der Waals surface area contributed by atoms with Crippen LogP contribution >= 0.6 is 0 Å². The monoisotopic (exact) mass is 248 g/mol. The Morgan fingerprint density at radius 3 is 2.78 bits per heavy atom. The minimum Gasteiger partial charge on any atom is -0.497 e. The van der Waals surface area contributed by atoms with Crippen LogP contribution in [0, 0.1) is 0 Å². The van der Waals surface area contributed by atoms with E-state index in [2.05, 4.69) is 10.3 Å². The SMILES string of the molecule is CNCc1ncc(-c2cc(OC)ccc2OC)o1. The van der Waals surface area contributed by atoms with Gasteiger partial charge < -0.3 is 19.2 Å². The van der Waals surface area contributed by atoms with E-state index in [1.165, 1.54) is 0 Å². The van der Waals surface area contributed by atoms with Gasteiger partial charge in [-0.2, -0.15) is 0 Å². The maximum absolute atomic E-state index is 5.64. The molecule has 18 heavy (non-hydrogen) atoms. The van der Waals surface area contributed by atoms with E-state index >= 15 is 0 Å². The average Bonchev–Trinajstić information content (AvgIpc) is 2.87. The van der Waals surface area contributed by atoms with Crippen molar-refractivity contribution in [2.24, 2.45) is 0 Å². The minimum atomic E-state index is 0.590. The summed E-state index contributed by atoms with van der Waals surface area (Å²) in [5.41, 5.74) is 0.826. The van der Waals surface area contributed by atoms with Gasteiger partial charge in [0.2, 0.25) is 5.89 Å². The molecule has 0 fully saturated rings. The first-order chi connectivity index (χ1) is 8.78. The van der Waals surface area contributed by atoms with Crippen LogP contribution in [0.15, 0.2) is 28.8 Å². The molecular weight excluding hydrogens is 232 g/mol. The summed E-state index contributed by atoms with van der Waals surface area (Å²) in [6.45, 7) is 0.590. The maximum atomic E-state index is 5.64. The van der Waals surface area contributed by atoms with E-state index in [4.69, 9.17) is 13.9 Å². The lowest BCUT2D eigenvalue weighted by Crippen LogP contribution is -2.04. The summed E-state index contributed by atoms with van der Waals surface area (Å²) in [6.07, 6.45) is 1.68. The van der Waals surface area contributed by atoms with Gasteiger partial charge in [-0.1, -0.05) is 0 Å². The number of nitrogens with zero attached hydrogens (tertiary/aromatic N) is 1. The van der Waals surface area contributed by atoms with Crippen molar-refractivity contribution in [1.82, 2.24) is 10.3 Å². The standard InChI is InChI=1S/C13H16N2O3/c1-14-8-13-15-7-12(18-13)10-6-9(16-2)4-5-11(10)17-3/h4-7,14H,8H2,1-3H3. The number of aromatic nitrogens is 1. The van der Waals surface area contributed by atoms with Gasteiger partial charge in [-0.3, -0.25) is 0 Å². The lowest BCUT2D eigenvalue weighted by atomic mass is 10.1. The third-order valence-electron chi connectivity index (χ3n) is 2.55. The van der Waals surface area contributed by atoms with E-state index in [1.54, 1.807) is 20.4 Å². The van der Waals surface area contributed by atoms with Crippen LogP contribution in [0.25, 0.3) is 11.3 Å². The smallest absolute Gasteiger partial charge is 0.208 e. The summed E-state index contributed by atoms with van der Waals surface area (Å²) in [5.74, 6) is 2.77. The number of hydrogen-bond donors (Lipinski definition) is 1.